The molecule has 0 aliphatic carbocycles. The van der Waals surface area contributed by atoms with Crippen molar-refractivity contribution in [2.45, 2.75) is 0 Å². The monoisotopic (exact) mass is 217 g/mol. The first-order chi connectivity index (χ1) is 7.40. The van der Waals surface area contributed by atoms with Gasteiger partial charge in [0.05, 0.1) is 5.69 Å². The minimum atomic E-state index is 0.486. The molecule has 0 spiro atoms. The van der Waals surface area contributed by atoms with Crippen LogP contribution in [0.2, 0.25) is 0 Å². The highest BCUT2D eigenvalue weighted by molar-refractivity contribution is 7.08. The molecule has 2 aromatic rings. The highest BCUT2D eigenvalue weighted by Crippen LogP contribution is 2.21. The Bertz CT molecular complexity index is 437. The molecule has 2 heterocycles. The van der Waals surface area contributed by atoms with E-state index in [2.05, 4.69) is 16.9 Å². The summed E-state index contributed by atoms with van der Waals surface area (Å²) >= 11 is 1.66. The van der Waals surface area contributed by atoms with Crippen molar-refractivity contribution >= 4 is 11.3 Å². The second-order valence-electron chi connectivity index (χ2n) is 2.97. The van der Waals surface area contributed by atoms with Crippen LogP contribution in [0, 0.1) is 0 Å². The topological polar surface area (TPSA) is 22.1 Å². The third kappa shape index (κ3) is 2.44. The van der Waals surface area contributed by atoms with Gasteiger partial charge in [-0.1, -0.05) is 18.7 Å². The third-order valence-corrected chi connectivity index (χ3v) is 2.57. The standard InChI is InChI=1S/C12H11NOS/c1-2-7-14-12-5-3-4-11(13-12)10-6-8-15-9-10/h2-6,8-9H,1,7H2. The van der Waals surface area contributed by atoms with Crippen molar-refractivity contribution in [1.29, 1.82) is 0 Å². The fourth-order valence-corrected chi connectivity index (χ4v) is 1.86. The van der Waals surface area contributed by atoms with E-state index in [1.807, 2.05) is 29.6 Å². The molecule has 3 heteroatoms. The second kappa shape index (κ2) is 4.75. The Morgan fingerprint density at radius 2 is 2.33 bits per heavy atom. The average Bonchev–Trinajstić information content (AvgIpc) is 2.80. The van der Waals surface area contributed by atoms with Gasteiger partial charge in [-0.3, -0.25) is 0 Å². The summed E-state index contributed by atoms with van der Waals surface area (Å²) in [7, 11) is 0. The quantitative estimate of drug-likeness (QED) is 0.732. The van der Waals surface area contributed by atoms with E-state index in [-0.39, 0.29) is 0 Å². The van der Waals surface area contributed by atoms with E-state index in [1.165, 1.54) is 0 Å². The van der Waals surface area contributed by atoms with Crippen molar-refractivity contribution in [3.05, 3.63) is 47.7 Å². The maximum absolute atomic E-state index is 5.37. The molecule has 0 fully saturated rings. The van der Waals surface area contributed by atoms with Gasteiger partial charge in [0.2, 0.25) is 5.88 Å². The van der Waals surface area contributed by atoms with E-state index in [1.54, 1.807) is 17.4 Å². The van der Waals surface area contributed by atoms with Gasteiger partial charge in [0.15, 0.2) is 0 Å². The Morgan fingerprint density at radius 3 is 3.07 bits per heavy atom. The van der Waals surface area contributed by atoms with Crippen LogP contribution in [0.1, 0.15) is 0 Å². The fraction of sp³-hybridized carbons (Fsp3) is 0.0833. The van der Waals surface area contributed by atoms with Gasteiger partial charge in [-0.2, -0.15) is 11.3 Å². The lowest BCUT2D eigenvalue weighted by atomic mass is 10.2. The number of thiophene rings is 1. The molecule has 0 saturated heterocycles. The summed E-state index contributed by atoms with van der Waals surface area (Å²) in [5.74, 6) is 0.638. The van der Waals surface area contributed by atoms with Crippen LogP contribution in [0.5, 0.6) is 5.88 Å². The molecule has 2 rings (SSSR count). The van der Waals surface area contributed by atoms with Crippen molar-refractivity contribution < 1.29 is 4.74 Å². The van der Waals surface area contributed by atoms with Crippen LogP contribution in [0.25, 0.3) is 11.3 Å². The summed E-state index contributed by atoms with van der Waals surface area (Å²) in [5.41, 5.74) is 2.07. The van der Waals surface area contributed by atoms with Crippen LogP contribution in [-0.4, -0.2) is 11.6 Å². The molecule has 76 valence electrons. The zero-order chi connectivity index (χ0) is 10.5. The number of ether oxygens (including phenoxy) is 1. The summed E-state index contributed by atoms with van der Waals surface area (Å²) in [6.07, 6.45) is 1.71. The van der Waals surface area contributed by atoms with E-state index >= 15 is 0 Å². The molecule has 0 atom stereocenters. The maximum Gasteiger partial charge on any atom is 0.214 e. The molecule has 0 aromatic carbocycles. The Morgan fingerprint density at radius 1 is 1.40 bits per heavy atom. The minimum Gasteiger partial charge on any atom is -0.473 e. The number of rotatable bonds is 4. The fourth-order valence-electron chi connectivity index (χ4n) is 1.21. The lowest BCUT2D eigenvalue weighted by Crippen LogP contribution is -1.95. The van der Waals surface area contributed by atoms with Gasteiger partial charge in [-0.15, -0.1) is 0 Å². The molecular formula is C12H11NOS. The third-order valence-electron chi connectivity index (χ3n) is 1.89. The van der Waals surface area contributed by atoms with Gasteiger partial charge in [0.1, 0.15) is 6.61 Å². The maximum atomic E-state index is 5.37. The molecule has 0 bridgehead atoms. The van der Waals surface area contributed by atoms with Crippen LogP contribution in [0.15, 0.2) is 47.7 Å². The molecule has 0 saturated carbocycles. The molecule has 0 aliphatic heterocycles. The number of pyridine rings is 1. The van der Waals surface area contributed by atoms with E-state index in [4.69, 9.17) is 4.74 Å². The Kier molecular flexibility index (Phi) is 3.15. The van der Waals surface area contributed by atoms with Crippen LogP contribution >= 0.6 is 11.3 Å². The van der Waals surface area contributed by atoms with Crippen molar-refractivity contribution in [2.24, 2.45) is 0 Å². The molecule has 0 N–H and O–H groups in total. The predicted octanol–water partition coefficient (Wildman–Crippen LogP) is 3.37. The van der Waals surface area contributed by atoms with Gasteiger partial charge in [0.25, 0.3) is 0 Å². The Hall–Kier alpha value is -1.61. The number of aromatic nitrogens is 1. The average molecular weight is 217 g/mol. The molecule has 0 aliphatic rings. The van der Waals surface area contributed by atoms with Crippen molar-refractivity contribution in [1.82, 2.24) is 4.98 Å². The van der Waals surface area contributed by atoms with Gasteiger partial charge < -0.3 is 4.74 Å². The summed E-state index contributed by atoms with van der Waals surface area (Å²) in [4.78, 5) is 4.39. The molecule has 0 amide bonds. The number of hydrogen-bond donors (Lipinski definition) is 0. The van der Waals surface area contributed by atoms with Gasteiger partial charge in [-0.25, -0.2) is 4.98 Å². The second-order valence-corrected chi connectivity index (χ2v) is 3.75. The van der Waals surface area contributed by atoms with Crippen LogP contribution < -0.4 is 4.74 Å². The van der Waals surface area contributed by atoms with Crippen molar-refractivity contribution in [2.75, 3.05) is 6.61 Å². The van der Waals surface area contributed by atoms with Gasteiger partial charge >= 0.3 is 0 Å². The first-order valence-electron chi connectivity index (χ1n) is 4.63. The molecular weight excluding hydrogens is 206 g/mol. The summed E-state index contributed by atoms with van der Waals surface area (Å²) in [6, 6.07) is 7.81. The number of hydrogen-bond acceptors (Lipinski definition) is 3. The van der Waals surface area contributed by atoms with Crippen molar-refractivity contribution in [3.8, 4) is 17.1 Å². The van der Waals surface area contributed by atoms with Crippen molar-refractivity contribution in [3.63, 3.8) is 0 Å². The molecule has 0 radical (unpaired) electrons. The van der Waals surface area contributed by atoms with E-state index in [0.717, 1.165) is 11.3 Å². The van der Waals surface area contributed by atoms with Crippen LogP contribution in [-0.2, 0) is 0 Å². The summed E-state index contributed by atoms with van der Waals surface area (Å²) in [5, 5.41) is 4.11. The van der Waals surface area contributed by atoms with Gasteiger partial charge in [-0.05, 0) is 17.5 Å². The highest BCUT2D eigenvalue weighted by atomic mass is 32.1. The molecule has 2 nitrogen and oxygen atoms in total. The van der Waals surface area contributed by atoms with Gasteiger partial charge in [0, 0.05) is 17.0 Å². The molecule has 15 heavy (non-hydrogen) atoms. The van der Waals surface area contributed by atoms with Crippen LogP contribution in [0.4, 0.5) is 0 Å². The largest absolute Gasteiger partial charge is 0.473 e. The lowest BCUT2D eigenvalue weighted by molar-refractivity contribution is 0.349. The minimum absolute atomic E-state index is 0.486. The summed E-state index contributed by atoms with van der Waals surface area (Å²) < 4.78 is 5.37. The highest BCUT2D eigenvalue weighted by Gasteiger charge is 2.01. The first kappa shape index (κ1) is 9.93. The first-order valence-corrected chi connectivity index (χ1v) is 5.58. The van der Waals surface area contributed by atoms with Crippen LogP contribution in [0.3, 0.4) is 0 Å². The Balaban J connectivity index is 2.23. The Labute approximate surface area is 92.9 Å². The van der Waals surface area contributed by atoms with E-state index in [9.17, 15) is 0 Å². The predicted molar refractivity (Wildman–Crippen MR) is 63.2 cm³/mol. The summed E-state index contributed by atoms with van der Waals surface area (Å²) in [6.45, 7) is 4.08. The lowest BCUT2D eigenvalue weighted by Gasteiger charge is -2.03. The van der Waals surface area contributed by atoms with E-state index < -0.39 is 0 Å². The zero-order valence-corrected chi connectivity index (χ0v) is 9.04. The molecule has 2 aromatic heterocycles. The smallest absolute Gasteiger partial charge is 0.214 e. The number of nitrogens with zero attached hydrogens (tertiary/aromatic N) is 1. The van der Waals surface area contributed by atoms with E-state index in [0.29, 0.717) is 12.5 Å². The zero-order valence-electron chi connectivity index (χ0n) is 8.22. The SMILES string of the molecule is C=CCOc1cccc(-c2ccsc2)n1. The normalized spacial score (nSPS) is 9.87. The molecule has 0 unspecified atom stereocenters.